The van der Waals surface area contributed by atoms with Crippen LogP contribution in [0.15, 0.2) is 42.7 Å². The third kappa shape index (κ3) is 3.37. The van der Waals surface area contributed by atoms with Crippen LogP contribution in [0.2, 0.25) is 0 Å². The Morgan fingerprint density at radius 2 is 1.64 bits per heavy atom. The second kappa shape index (κ2) is 7.68. The van der Waals surface area contributed by atoms with Crippen molar-refractivity contribution >= 4 is 32.7 Å². The molecule has 0 amide bonds. The summed E-state index contributed by atoms with van der Waals surface area (Å²) < 4.78 is 0. The Labute approximate surface area is 167 Å². The molecule has 4 heteroatoms. The van der Waals surface area contributed by atoms with E-state index in [0.29, 0.717) is 0 Å². The first-order valence-corrected chi connectivity index (χ1v) is 10.0. The van der Waals surface area contributed by atoms with Crippen molar-refractivity contribution in [1.82, 2.24) is 0 Å². The van der Waals surface area contributed by atoms with E-state index in [4.69, 9.17) is 23.2 Å². The van der Waals surface area contributed by atoms with Crippen molar-refractivity contribution in [2.45, 2.75) is 60.8 Å². The summed E-state index contributed by atoms with van der Waals surface area (Å²) in [6, 6.07) is 0. The van der Waals surface area contributed by atoms with Gasteiger partial charge in [-0.2, -0.15) is 0 Å². The first-order chi connectivity index (χ1) is 9.74. The quantitative estimate of drug-likeness (QED) is 0.482. The summed E-state index contributed by atoms with van der Waals surface area (Å²) in [5, 5.41) is 5.23. The van der Waals surface area contributed by atoms with E-state index in [9.17, 15) is 0 Å². The van der Waals surface area contributed by atoms with Gasteiger partial charge in [-0.25, -0.2) is 0 Å². The summed E-state index contributed by atoms with van der Waals surface area (Å²) in [5.74, 6) is 0. The molecule has 2 rings (SSSR count). The SMILES string of the molecule is CCCC1(C)C(C)=C([SiH2]C2=C(C)CC(Cl)=C2C)C(C)=C1Cl.[Zr]. The van der Waals surface area contributed by atoms with E-state index in [2.05, 4.69) is 41.5 Å². The van der Waals surface area contributed by atoms with Crippen LogP contribution in [0.25, 0.3) is 0 Å². The van der Waals surface area contributed by atoms with Crippen LogP contribution in [0.3, 0.4) is 0 Å². The maximum absolute atomic E-state index is 6.73. The first kappa shape index (κ1) is 20.7. The van der Waals surface area contributed by atoms with E-state index in [0.717, 1.165) is 22.9 Å². The minimum atomic E-state index is -0.500. The molecular formula is C18H26Cl2SiZr. The molecule has 1 atom stereocenters. The maximum Gasteiger partial charge on any atom is 0.0882 e. The fraction of sp³-hybridized carbons (Fsp3) is 0.556. The summed E-state index contributed by atoms with van der Waals surface area (Å²) in [5.41, 5.74) is 5.71. The van der Waals surface area contributed by atoms with Crippen molar-refractivity contribution in [2.24, 2.45) is 5.41 Å². The van der Waals surface area contributed by atoms with Gasteiger partial charge in [-0.15, -0.1) is 0 Å². The molecule has 0 radical (unpaired) electrons. The molecule has 0 aliphatic heterocycles. The molecule has 0 nitrogen and oxygen atoms in total. The summed E-state index contributed by atoms with van der Waals surface area (Å²) in [7, 11) is -0.500. The van der Waals surface area contributed by atoms with Crippen LogP contribution in [0.4, 0.5) is 0 Å². The van der Waals surface area contributed by atoms with Gasteiger partial charge < -0.3 is 0 Å². The summed E-state index contributed by atoms with van der Waals surface area (Å²) in [4.78, 5) is 0. The second-order valence-corrected chi connectivity index (χ2v) is 9.37. The molecule has 2 aliphatic carbocycles. The van der Waals surface area contributed by atoms with Crippen molar-refractivity contribution in [2.75, 3.05) is 0 Å². The number of allylic oxidation sites excluding steroid dienone is 8. The average molecular weight is 433 g/mol. The molecule has 2 aliphatic rings. The molecule has 0 N–H and O–H groups in total. The molecule has 1 unspecified atom stereocenters. The Balaban J connectivity index is 0.00000242. The van der Waals surface area contributed by atoms with Crippen LogP contribution < -0.4 is 0 Å². The van der Waals surface area contributed by atoms with Gasteiger partial charge in [0.25, 0.3) is 0 Å². The Bertz CT molecular complexity index is 611. The minimum Gasteiger partial charge on any atom is -0.0885 e. The van der Waals surface area contributed by atoms with Gasteiger partial charge >= 0.3 is 0 Å². The van der Waals surface area contributed by atoms with Crippen LogP contribution in [0.1, 0.15) is 60.8 Å². The first-order valence-electron chi connectivity index (χ1n) is 7.85. The number of rotatable bonds is 4. The van der Waals surface area contributed by atoms with E-state index >= 15 is 0 Å². The Morgan fingerprint density at radius 3 is 2.09 bits per heavy atom. The Kier molecular flexibility index (Phi) is 7.22. The van der Waals surface area contributed by atoms with Crippen LogP contribution in [0, 0.1) is 5.41 Å². The Hall–Kier alpha value is 0.640. The Morgan fingerprint density at radius 1 is 1.05 bits per heavy atom. The predicted octanol–water partition coefficient (Wildman–Crippen LogP) is 5.95. The molecule has 22 heavy (non-hydrogen) atoms. The molecule has 0 aromatic carbocycles. The largest absolute Gasteiger partial charge is 0.0885 e. The van der Waals surface area contributed by atoms with Gasteiger partial charge in [-0.3, -0.25) is 0 Å². The van der Waals surface area contributed by atoms with Gasteiger partial charge in [0.05, 0.1) is 9.52 Å². The number of halogens is 2. The van der Waals surface area contributed by atoms with E-state index in [1.807, 2.05) is 0 Å². The smallest absolute Gasteiger partial charge is 0.0882 e. The topological polar surface area (TPSA) is 0 Å². The van der Waals surface area contributed by atoms with Crippen LogP contribution in [0.5, 0.6) is 0 Å². The van der Waals surface area contributed by atoms with E-state index < -0.39 is 9.52 Å². The molecular weight excluding hydrogens is 406 g/mol. The molecule has 0 bridgehead atoms. The molecule has 0 saturated carbocycles. The minimum absolute atomic E-state index is 0. The summed E-state index contributed by atoms with van der Waals surface area (Å²) in [6.45, 7) is 13.5. The van der Waals surface area contributed by atoms with Gasteiger partial charge in [0.15, 0.2) is 0 Å². The van der Waals surface area contributed by atoms with E-state index in [1.165, 1.54) is 28.7 Å². The summed E-state index contributed by atoms with van der Waals surface area (Å²) >= 11 is 13.1. The fourth-order valence-electron chi connectivity index (χ4n) is 3.80. The van der Waals surface area contributed by atoms with Crippen molar-refractivity contribution in [3.63, 3.8) is 0 Å². The molecule has 0 spiro atoms. The molecule has 0 saturated heterocycles. The molecule has 120 valence electrons. The normalized spacial score (nSPS) is 26.2. The van der Waals surface area contributed by atoms with Gasteiger partial charge in [0.1, 0.15) is 0 Å². The van der Waals surface area contributed by atoms with Gasteiger partial charge in [0, 0.05) is 48.1 Å². The van der Waals surface area contributed by atoms with Gasteiger partial charge in [0.2, 0.25) is 0 Å². The average Bonchev–Trinajstić information content (AvgIpc) is 2.75. The zero-order valence-corrected chi connectivity index (χ0v) is 20.0. The van der Waals surface area contributed by atoms with Crippen molar-refractivity contribution in [3.8, 4) is 0 Å². The van der Waals surface area contributed by atoms with E-state index in [1.54, 1.807) is 10.4 Å². The molecule has 0 aromatic heterocycles. The van der Waals surface area contributed by atoms with Crippen molar-refractivity contribution < 1.29 is 26.2 Å². The monoisotopic (exact) mass is 430 g/mol. The van der Waals surface area contributed by atoms with Crippen LogP contribution in [-0.4, -0.2) is 9.52 Å². The predicted molar refractivity (Wildman–Crippen MR) is 98.7 cm³/mol. The van der Waals surface area contributed by atoms with Crippen molar-refractivity contribution in [3.05, 3.63) is 42.7 Å². The third-order valence-electron chi connectivity index (χ3n) is 5.45. The standard InChI is InChI=1S/C18H26Cl2Si.Zr/c1-7-8-18(6)13(5)16(12(4)17(18)20)21-15-10(2)9-14(19)11(15)3;/h7-9,21H2,1-6H3;. The molecule has 0 heterocycles. The maximum atomic E-state index is 6.73. The van der Waals surface area contributed by atoms with Gasteiger partial charge in [-0.1, -0.05) is 65.0 Å². The zero-order valence-electron chi connectivity index (χ0n) is 14.6. The van der Waals surface area contributed by atoms with Crippen LogP contribution in [-0.2, 0) is 26.2 Å². The number of hydrogen-bond donors (Lipinski definition) is 0. The van der Waals surface area contributed by atoms with Gasteiger partial charge in [-0.05, 0) is 45.3 Å². The van der Waals surface area contributed by atoms with Crippen LogP contribution >= 0.6 is 23.2 Å². The fourth-order valence-corrected chi connectivity index (χ4v) is 7.05. The zero-order chi connectivity index (χ0) is 15.9. The molecule has 0 aromatic rings. The molecule has 0 fully saturated rings. The van der Waals surface area contributed by atoms with Crippen molar-refractivity contribution in [1.29, 1.82) is 0 Å². The van der Waals surface area contributed by atoms with E-state index in [-0.39, 0.29) is 31.6 Å². The second-order valence-electron chi connectivity index (χ2n) is 6.77. The summed E-state index contributed by atoms with van der Waals surface area (Å²) in [6.07, 6.45) is 3.25. The number of hydrogen-bond acceptors (Lipinski definition) is 0. The third-order valence-corrected chi connectivity index (χ3v) is 9.46.